The van der Waals surface area contributed by atoms with E-state index in [0.717, 1.165) is 12.8 Å². The summed E-state index contributed by atoms with van der Waals surface area (Å²) in [5.41, 5.74) is 1.14. The lowest BCUT2D eigenvalue weighted by atomic mass is 10.0. The molecule has 0 saturated heterocycles. The summed E-state index contributed by atoms with van der Waals surface area (Å²) in [5, 5.41) is 5.31. The molecule has 0 radical (unpaired) electrons. The Morgan fingerprint density at radius 2 is 1.96 bits per heavy atom. The SMILES string of the molecule is CCCCNC(=O)C(=O)C1C/C=C\COCCOCc2ccccc2C(=O)N1. The molecule has 2 rings (SSSR count). The number of ketones is 1. The van der Waals surface area contributed by atoms with Crippen LogP contribution in [-0.2, 0) is 25.7 Å². The van der Waals surface area contributed by atoms with Crippen LogP contribution in [0.3, 0.4) is 0 Å². The summed E-state index contributed by atoms with van der Waals surface area (Å²) in [6, 6.07) is 6.10. The highest BCUT2D eigenvalue weighted by molar-refractivity contribution is 6.38. The summed E-state index contributed by atoms with van der Waals surface area (Å²) < 4.78 is 11.0. The number of benzene rings is 1. The van der Waals surface area contributed by atoms with Crippen LogP contribution in [0.2, 0.25) is 0 Å². The van der Waals surface area contributed by atoms with Gasteiger partial charge < -0.3 is 20.1 Å². The first-order valence-corrected chi connectivity index (χ1v) is 9.64. The first-order chi connectivity index (χ1) is 13.6. The fraction of sp³-hybridized carbons (Fsp3) is 0.476. The van der Waals surface area contributed by atoms with Crippen molar-refractivity contribution in [2.75, 3.05) is 26.4 Å². The quantitative estimate of drug-likeness (QED) is 0.455. The Morgan fingerprint density at radius 3 is 2.79 bits per heavy atom. The highest BCUT2D eigenvalue weighted by Crippen LogP contribution is 2.12. The van der Waals surface area contributed by atoms with E-state index in [2.05, 4.69) is 10.6 Å². The molecule has 1 heterocycles. The largest absolute Gasteiger partial charge is 0.375 e. The second kappa shape index (κ2) is 12.0. The third kappa shape index (κ3) is 6.90. The maximum Gasteiger partial charge on any atom is 0.289 e. The van der Waals surface area contributed by atoms with Gasteiger partial charge in [-0.3, -0.25) is 14.4 Å². The van der Waals surface area contributed by atoms with Gasteiger partial charge in [-0.05, 0) is 24.5 Å². The van der Waals surface area contributed by atoms with E-state index in [4.69, 9.17) is 9.47 Å². The number of carbonyl (C=O) groups is 3. The first-order valence-electron chi connectivity index (χ1n) is 9.64. The summed E-state index contributed by atoms with van der Waals surface area (Å²) in [6.45, 7) is 3.92. The third-order valence-electron chi connectivity index (χ3n) is 4.31. The van der Waals surface area contributed by atoms with Gasteiger partial charge in [0, 0.05) is 12.1 Å². The summed E-state index contributed by atoms with van der Waals surface area (Å²) in [6.07, 6.45) is 5.42. The van der Waals surface area contributed by atoms with Crippen molar-refractivity contribution in [3.63, 3.8) is 0 Å². The Hall–Kier alpha value is -2.51. The molecule has 2 amide bonds. The number of hydrogen-bond donors (Lipinski definition) is 2. The molecule has 7 nitrogen and oxygen atoms in total. The Labute approximate surface area is 165 Å². The standard InChI is InChI=1S/C21H28N2O5/c1-2-3-11-22-21(26)19(24)18-10-6-7-12-27-13-14-28-15-16-8-4-5-9-17(16)20(25)23-18/h4-9,18H,2-3,10-15H2,1H3,(H,22,26)(H,23,25)/b7-6-. The third-order valence-corrected chi connectivity index (χ3v) is 4.31. The molecule has 1 aromatic carbocycles. The van der Waals surface area contributed by atoms with E-state index >= 15 is 0 Å². The number of amides is 2. The number of hydrogen-bond acceptors (Lipinski definition) is 5. The molecule has 0 bridgehead atoms. The molecule has 152 valence electrons. The number of unbranched alkanes of at least 4 members (excludes halogenated alkanes) is 1. The number of carbonyl (C=O) groups excluding carboxylic acids is 3. The molecule has 1 aromatic rings. The minimum Gasteiger partial charge on any atom is -0.375 e. The van der Waals surface area contributed by atoms with Crippen molar-refractivity contribution in [3.8, 4) is 0 Å². The average Bonchev–Trinajstić information content (AvgIpc) is 2.71. The minimum atomic E-state index is -0.942. The molecular formula is C21H28N2O5. The van der Waals surface area contributed by atoms with Gasteiger partial charge in [0.2, 0.25) is 5.78 Å². The van der Waals surface area contributed by atoms with Gasteiger partial charge in [-0.1, -0.05) is 43.7 Å². The van der Waals surface area contributed by atoms with Crippen molar-refractivity contribution >= 4 is 17.6 Å². The second-order valence-electron chi connectivity index (χ2n) is 6.49. The fourth-order valence-electron chi connectivity index (χ4n) is 2.71. The zero-order valence-electron chi connectivity index (χ0n) is 16.2. The van der Waals surface area contributed by atoms with Crippen molar-refractivity contribution < 1.29 is 23.9 Å². The highest BCUT2D eigenvalue weighted by atomic mass is 16.5. The van der Waals surface area contributed by atoms with Gasteiger partial charge in [0.05, 0.1) is 26.4 Å². The van der Waals surface area contributed by atoms with Crippen LogP contribution in [0.1, 0.15) is 42.1 Å². The molecule has 0 fully saturated rings. The van der Waals surface area contributed by atoms with Gasteiger partial charge in [0.1, 0.15) is 6.04 Å². The maximum absolute atomic E-state index is 12.8. The van der Waals surface area contributed by atoms with Gasteiger partial charge in [0.15, 0.2) is 0 Å². The lowest BCUT2D eigenvalue weighted by Crippen LogP contribution is -2.47. The highest BCUT2D eigenvalue weighted by Gasteiger charge is 2.26. The molecule has 1 unspecified atom stereocenters. The number of Topliss-reactive ketones (excluding diaryl/α,β-unsaturated/α-hetero) is 1. The molecule has 2 N–H and O–H groups in total. The van der Waals surface area contributed by atoms with Crippen molar-refractivity contribution in [2.45, 2.75) is 38.8 Å². The summed E-state index contributed by atoms with van der Waals surface area (Å²) >= 11 is 0. The van der Waals surface area contributed by atoms with E-state index in [1.54, 1.807) is 30.4 Å². The van der Waals surface area contributed by atoms with E-state index in [1.165, 1.54) is 0 Å². The van der Waals surface area contributed by atoms with Gasteiger partial charge in [-0.25, -0.2) is 0 Å². The Bertz CT molecular complexity index is 702. The van der Waals surface area contributed by atoms with Crippen molar-refractivity contribution in [1.29, 1.82) is 0 Å². The molecule has 28 heavy (non-hydrogen) atoms. The van der Waals surface area contributed by atoms with Gasteiger partial charge in [-0.2, -0.15) is 0 Å². The molecule has 0 aromatic heterocycles. The van der Waals surface area contributed by atoms with Crippen LogP contribution in [0.4, 0.5) is 0 Å². The molecular weight excluding hydrogens is 360 g/mol. The predicted octanol–water partition coefficient (Wildman–Crippen LogP) is 1.76. The van der Waals surface area contributed by atoms with Crippen LogP contribution < -0.4 is 10.6 Å². The smallest absolute Gasteiger partial charge is 0.289 e. The van der Waals surface area contributed by atoms with Crippen LogP contribution in [0, 0.1) is 0 Å². The maximum atomic E-state index is 12.8. The summed E-state index contributed by atoms with van der Waals surface area (Å²) in [4.78, 5) is 37.5. The fourth-order valence-corrected chi connectivity index (χ4v) is 2.71. The van der Waals surface area contributed by atoms with E-state index in [0.29, 0.717) is 37.5 Å². The molecule has 1 aliphatic rings. The average molecular weight is 388 g/mol. The van der Waals surface area contributed by atoms with E-state index in [9.17, 15) is 14.4 Å². The van der Waals surface area contributed by atoms with Crippen molar-refractivity contribution in [3.05, 3.63) is 47.5 Å². The molecule has 0 saturated carbocycles. The lowest BCUT2D eigenvalue weighted by Gasteiger charge is -2.18. The van der Waals surface area contributed by atoms with Crippen LogP contribution in [0.5, 0.6) is 0 Å². The summed E-state index contributed by atoms with van der Waals surface area (Å²) in [5.74, 6) is -1.74. The predicted molar refractivity (Wildman–Crippen MR) is 105 cm³/mol. The first kappa shape index (κ1) is 21.8. The normalized spacial score (nSPS) is 19.6. The topological polar surface area (TPSA) is 93.7 Å². The van der Waals surface area contributed by atoms with Crippen LogP contribution >= 0.6 is 0 Å². The molecule has 0 spiro atoms. The zero-order valence-corrected chi connectivity index (χ0v) is 16.2. The van der Waals surface area contributed by atoms with Crippen molar-refractivity contribution in [2.24, 2.45) is 0 Å². The Balaban J connectivity index is 2.17. The Morgan fingerprint density at radius 1 is 1.18 bits per heavy atom. The van der Waals surface area contributed by atoms with E-state index in [1.807, 2.05) is 13.0 Å². The monoisotopic (exact) mass is 388 g/mol. The van der Waals surface area contributed by atoms with Gasteiger partial charge in [0.25, 0.3) is 11.8 Å². The minimum absolute atomic E-state index is 0.216. The van der Waals surface area contributed by atoms with Crippen LogP contribution in [-0.4, -0.2) is 50.0 Å². The van der Waals surface area contributed by atoms with E-state index < -0.39 is 23.6 Å². The number of ether oxygens (including phenoxy) is 2. The number of nitrogens with one attached hydrogen (secondary N) is 2. The molecule has 7 heteroatoms. The van der Waals surface area contributed by atoms with Crippen LogP contribution in [0.15, 0.2) is 36.4 Å². The molecule has 1 aliphatic heterocycles. The molecule has 0 aliphatic carbocycles. The van der Waals surface area contributed by atoms with Gasteiger partial charge in [-0.15, -0.1) is 0 Å². The summed E-state index contributed by atoms with van der Waals surface area (Å²) in [7, 11) is 0. The van der Waals surface area contributed by atoms with Gasteiger partial charge >= 0.3 is 0 Å². The van der Waals surface area contributed by atoms with E-state index in [-0.39, 0.29) is 13.0 Å². The molecule has 1 atom stereocenters. The Kier molecular flexibility index (Phi) is 9.37. The number of fused-ring (bicyclic) bond motifs is 1. The zero-order chi connectivity index (χ0) is 20.2. The number of rotatable bonds is 5. The van der Waals surface area contributed by atoms with Crippen LogP contribution in [0.25, 0.3) is 0 Å². The second-order valence-corrected chi connectivity index (χ2v) is 6.49. The lowest BCUT2D eigenvalue weighted by molar-refractivity contribution is -0.138. The van der Waals surface area contributed by atoms with Crippen molar-refractivity contribution in [1.82, 2.24) is 10.6 Å².